The van der Waals surface area contributed by atoms with Crippen LogP contribution in [0.5, 0.6) is 0 Å². The van der Waals surface area contributed by atoms with Crippen LogP contribution in [-0.4, -0.2) is 5.91 Å². The number of benzene rings is 2. The Bertz CT molecular complexity index is 641. The highest BCUT2D eigenvalue weighted by atomic mass is 19.1. The third-order valence-electron chi connectivity index (χ3n) is 2.67. The summed E-state index contributed by atoms with van der Waals surface area (Å²) in [6.45, 7) is 1.59. The summed E-state index contributed by atoms with van der Waals surface area (Å²) in [5, 5.41) is 2.58. The van der Waals surface area contributed by atoms with Gasteiger partial charge in [-0.1, -0.05) is 0 Å². The van der Waals surface area contributed by atoms with Gasteiger partial charge in [0.05, 0.1) is 5.56 Å². The second-order valence-corrected chi connectivity index (χ2v) is 4.15. The van der Waals surface area contributed by atoms with E-state index in [2.05, 4.69) is 5.32 Å². The fourth-order valence-corrected chi connectivity index (χ4v) is 1.66. The highest BCUT2D eigenvalue weighted by molar-refractivity contribution is 6.07. The fraction of sp³-hybridized carbons (Fsp3) is 0.0714. The van der Waals surface area contributed by atoms with Crippen molar-refractivity contribution in [3.63, 3.8) is 0 Å². The van der Waals surface area contributed by atoms with E-state index in [-0.39, 0.29) is 17.1 Å². The molecule has 19 heavy (non-hydrogen) atoms. The lowest BCUT2D eigenvalue weighted by atomic mass is 10.1. The molecule has 3 nitrogen and oxygen atoms in total. The van der Waals surface area contributed by atoms with Crippen LogP contribution in [0, 0.1) is 18.6 Å². The summed E-state index contributed by atoms with van der Waals surface area (Å²) in [5.74, 6) is -1.32. The number of nitrogens with one attached hydrogen (secondary N) is 1. The minimum Gasteiger partial charge on any atom is -0.398 e. The van der Waals surface area contributed by atoms with E-state index in [9.17, 15) is 13.6 Å². The maximum absolute atomic E-state index is 13.1. The molecule has 0 aliphatic heterocycles. The van der Waals surface area contributed by atoms with Crippen molar-refractivity contribution in [2.24, 2.45) is 0 Å². The van der Waals surface area contributed by atoms with E-state index < -0.39 is 11.7 Å². The maximum atomic E-state index is 13.1. The maximum Gasteiger partial charge on any atom is 0.257 e. The van der Waals surface area contributed by atoms with Crippen LogP contribution in [0.2, 0.25) is 0 Å². The molecule has 0 fully saturated rings. The van der Waals surface area contributed by atoms with Crippen molar-refractivity contribution >= 4 is 17.3 Å². The van der Waals surface area contributed by atoms with Gasteiger partial charge in [0.2, 0.25) is 0 Å². The number of halogens is 2. The molecule has 0 aromatic heterocycles. The number of nitrogen functional groups attached to an aromatic ring is 1. The number of carbonyl (C=O) groups is 1. The van der Waals surface area contributed by atoms with E-state index in [1.807, 2.05) is 0 Å². The van der Waals surface area contributed by atoms with Crippen molar-refractivity contribution in [1.29, 1.82) is 0 Å². The molecular formula is C14H12F2N2O. The highest BCUT2D eigenvalue weighted by Crippen LogP contribution is 2.18. The van der Waals surface area contributed by atoms with Crippen LogP contribution in [0.15, 0.2) is 36.4 Å². The van der Waals surface area contributed by atoms with E-state index in [4.69, 9.17) is 5.73 Å². The molecule has 0 spiro atoms. The van der Waals surface area contributed by atoms with Gasteiger partial charge in [0.25, 0.3) is 5.91 Å². The molecule has 0 aliphatic rings. The van der Waals surface area contributed by atoms with E-state index in [1.54, 1.807) is 6.92 Å². The first-order chi connectivity index (χ1) is 8.97. The zero-order valence-corrected chi connectivity index (χ0v) is 10.2. The number of hydrogen-bond donors (Lipinski definition) is 2. The number of carbonyl (C=O) groups excluding carboxylic acids is 1. The summed E-state index contributed by atoms with van der Waals surface area (Å²) in [6.07, 6.45) is 0. The Balaban J connectivity index is 2.23. The number of nitrogens with two attached hydrogens (primary N) is 1. The summed E-state index contributed by atoms with van der Waals surface area (Å²) in [4.78, 5) is 11.9. The highest BCUT2D eigenvalue weighted by Gasteiger charge is 2.11. The lowest BCUT2D eigenvalue weighted by Crippen LogP contribution is -2.14. The topological polar surface area (TPSA) is 55.1 Å². The number of amides is 1. The molecule has 0 aliphatic carbocycles. The van der Waals surface area contributed by atoms with Crippen molar-refractivity contribution in [3.05, 3.63) is 59.2 Å². The molecule has 0 radical (unpaired) electrons. The van der Waals surface area contributed by atoms with E-state index in [1.165, 1.54) is 24.3 Å². The van der Waals surface area contributed by atoms with Gasteiger partial charge < -0.3 is 11.1 Å². The zero-order chi connectivity index (χ0) is 14.0. The van der Waals surface area contributed by atoms with Crippen LogP contribution >= 0.6 is 0 Å². The van der Waals surface area contributed by atoms with Gasteiger partial charge in [0, 0.05) is 11.4 Å². The second kappa shape index (κ2) is 5.06. The molecule has 0 unspecified atom stereocenters. The first-order valence-corrected chi connectivity index (χ1v) is 5.60. The van der Waals surface area contributed by atoms with Crippen LogP contribution < -0.4 is 11.1 Å². The Kier molecular flexibility index (Phi) is 3.46. The van der Waals surface area contributed by atoms with Crippen LogP contribution in [-0.2, 0) is 0 Å². The Morgan fingerprint density at radius 1 is 1.16 bits per heavy atom. The number of rotatable bonds is 2. The standard InChI is InChI=1S/C14H12F2N2O/c1-8-6-10(3-5-12(8)16)18-14(19)11-4-2-9(15)7-13(11)17/h2-7H,17H2,1H3,(H,18,19). The lowest BCUT2D eigenvalue weighted by molar-refractivity contribution is 0.102. The molecule has 5 heteroatoms. The molecule has 3 N–H and O–H groups in total. The molecular weight excluding hydrogens is 250 g/mol. The van der Waals surface area contributed by atoms with Crippen molar-refractivity contribution < 1.29 is 13.6 Å². The predicted molar refractivity (Wildman–Crippen MR) is 69.9 cm³/mol. The Morgan fingerprint density at radius 3 is 2.53 bits per heavy atom. The first kappa shape index (κ1) is 13.0. The molecule has 2 aromatic rings. The third kappa shape index (κ3) is 2.88. The van der Waals surface area contributed by atoms with E-state index >= 15 is 0 Å². The Morgan fingerprint density at radius 2 is 1.89 bits per heavy atom. The molecule has 98 valence electrons. The predicted octanol–water partition coefficient (Wildman–Crippen LogP) is 3.11. The number of anilines is 2. The largest absolute Gasteiger partial charge is 0.398 e. The third-order valence-corrected chi connectivity index (χ3v) is 2.67. The van der Waals surface area contributed by atoms with Gasteiger partial charge in [-0.05, 0) is 48.9 Å². The summed E-state index contributed by atoms with van der Waals surface area (Å²) in [7, 11) is 0. The van der Waals surface area contributed by atoms with Crippen molar-refractivity contribution in [3.8, 4) is 0 Å². The fourth-order valence-electron chi connectivity index (χ4n) is 1.66. The monoisotopic (exact) mass is 262 g/mol. The molecule has 0 saturated carbocycles. The molecule has 0 bridgehead atoms. The summed E-state index contributed by atoms with van der Waals surface area (Å²) < 4.78 is 26.0. The Labute approximate surface area is 109 Å². The van der Waals surface area contributed by atoms with Gasteiger partial charge in [-0.2, -0.15) is 0 Å². The molecule has 0 atom stereocenters. The van der Waals surface area contributed by atoms with Gasteiger partial charge in [-0.25, -0.2) is 8.78 Å². The van der Waals surface area contributed by atoms with Gasteiger partial charge in [0.15, 0.2) is 0 Å². The Hall–Kier alpha value is -2.43. The quantitative estimate of drug-likeness (QED) is 0.817. The summed E-state index contributed by atoms with van der Waals surface area (Å²) in [5.41, 5.74) is 6.66. The number of hydrogen-bond acceptors (Lipinski definition) is 2. The molecule has 0 heterocycles. The molecule has 2 rings (SSSR count). The van der Waals surface area contributed by atoms with Crippen molar-refractivity contribution in [1.82, 2.24) is 0 Å². The average molecular weight is 262 g/mol. The van der Waals surface area contributed by atoms with Crippen LogP contribution in [0.1, 0.15) is 15.9 Å². The van der Waals surface area contributed by atoms with Crippen LogP contribution in [0.3, 0.4) is 0 Å². The van der Waals surface area contributed by atoms with Gasteiger partial charge in [0.1, 0.15) is 11.6 Å². The minimum atomic E-state index is -0.508. The van der Waals surface area contributed by atoms with Gasteiger partial charge >= 0.3 is 0 Å². The average Bonchev–Trinajstić information content (AvgIpc) is 2.33. The zero-order valence-electron chi connectivity index (χ0n) is 10.2. The van der Waals surface area contributed by atoms with Crippen molar-refractivity contribution in [2.75, 3.05) is 11.1 Å². The van der Waals surface area contributed by atoms with Gasteiger partial charge in [-0.3, -0.25) is 4.79 Å². The SMILES string of the molecule is Cc1cc(NC(=O)c2ccc(F)cc2N)ccc1F. The lowest BCUT2D eigenvalue weighted by Gasteiger charge is -2.08. The van der Waals surface area contributed by atoms with Crippen LogP contribution in [0.25, 0.3) is 0 Å². The summed E-state index contributed by atoms with van der Waals surface area (Å²) >= 11 is 0. The minimum absolute atomic E-state index is 0.0522. The second-order valence-electron chi connectivity index (χ2n) is 4.15. The number of aryl methyl sites for hydroxylation is 1. The smallest absolute Gasteiger partial charge is 0.257 e. The van der Waals surface area contributed by atoms with Crippen molar-refractivity contribution in [2.45, 2.75) is 6.92 Å². The molecule has 2 aromatic carbocycles. The molecule has 1 amide bonds. The normalized spacial score (nSPS) is 10.3. The van der Waals surface area contributed by atoms with Crippen LogP contribution in [0.4, 0.5) is 20.2 Å². The van der Waals surface area contributed by atoms with Gasteiger partial charge in [-0.15, -0.1) is 0 Å². The molecule has 0 saturated heterocycles. The van der Waals surface area contributed by atoms with E-state index in [0.717, 1.165) is 12.1 Å². The summed E-state index contributed by atoms with van der Waals surface area (Å²) in [6, 6.07) is 7.74. The van der Waals surface area contributed by atoms with E-state index in [0.29, 0.717) is 11.3 Å². The first-order valence-electron chi connectivity index (χ1n) is 5.60.